The number of nitrogens with zero attached hydrogens (tertiary/aromatic N) is 2. The van der Waals surface area contributed by atoms with Gasteiger partial charge in [-0.05, 0) is 46.1 Å². The molecule has 0 aliphatic carbocycles. The minimum Gasteiger partial charge on any atom is -0.492 e. The minimum atomic E-state index is -0.109. The predicted molar refractivity (Wildman–Crippen MR) is 96.4 cm³/mol. The van der Waals surface area contributed by atoms with E-state index in [1.807, 2.05) is 45.3 Å². The molecule has 0 bridgehead atoms. The number of benzene rings is 1. The summed E-state index contributed by atoms with van der Waals surface area (Å²) in [5.74, 6) is 0.498. The molecule has 0 saturated heterocycles. The van der Waals surface area contributed by atoms with E-state index in [0.717, 1.165) is 13.0 Å². The molecule has 0 atom stereocenters. The van der Waals surface area contributed by atoms with Gasteiger partial charge in [-0.2, -0.15) is 0 Å². The Labute approximate surface area is 144 Å². The SMILES string of the molecule is CCOc1ccccc1N(CCC(=O)NCCCN(C)C)C(C)=O. The number of anilines is 1. The highest BCUT2D eigenvalue weighted by Crippen LogP contribution is 2.28. The molecule has 0 spiro atoms. The predicted octanol–water partition coefficient (Wildman–Crippen LogP) is 1.90. The van der Waals surface area contributed by atoms with Crippen LogP contribution >= 0.6 is 0 Å². The lowest BCUT2D eigenvalue weighted by Gasteiger charge is -2.23. The van der Waals surface area contributed by atoms with E-state index in [4.69, 9.17) is 4.74 Å². The van der Waals surface area contributed by atoms with Crippen molar-refractivity contribution < 1.29 is 14.3 Å². The molecule has 24 heavy (non-hydrogen) atoms. The summed E-state index contributed by atoms with van der Waals surface area (Å²) in [6.07, 6.45) is 1.17. The van der Waals surface area contributed by atoms with Gasteiger partial charge in [0, 0.05) is 26.4 Å². The van der Waals surface area contributed by atoms with Gasteiger partial charge in [-0.25, -0.2) is 0 Å². The third kappa shape index (κ3) is 7.00. The van der Waals surface area contributed by atoms with Crippen molar-refractivity contribution in [3.63, 3.8) is 0 Å². The van der Waals surface area contributed by atoms with Gasteiger partial charge in [-0.15, -0.1) is 0 Å². The van der Waals surface area contributed by atoms with Crippen molar-refractivity contribution in [3.8, 4) is 5.75 Å². The Balaban J connectivity index is 2.58. The molecular formula is C18H29N3O3. The average molecular weight is 335 g/mol. The topological polar surface area (TPSA) is 61.9 Å². The normalized spacial score (nSPS) is 10.5. The highest BCUT2D eigenvalue weighted by molar-refractivity contribution is 5.93. The molecule has 0 heterocycles. The van der Waals surface area contributed by atoms with E-state index in [1.54, 1.807) is 4.90 Å². The van der Waals surface area contributed by atoms with Crippen LogP contribution in [-0.2, 0) is 9.59 Å². The van der Waals surface area contributed by atoms with Crippen LogP contribution in [0.1, 0.15) is 26.7 Å². The molecule has 6 heteroatoms. The summed E-state index contributed by atoms with van der Waals surface area (Å²) in [6, 6.07) is 7.39. The molecule has 134 valence electrons. The van der Waals surface area contributed by atoms with Crippen LogP contribution in [0.15, 0.2) is 24.3 Å². The molecule has 0 radical (unpaired) electrons. The van der Waals surface area contributed by atoms with Gasteiger partial charge in [0.05, 0.1) is 12.3 Å². The molecule has 1 aromatic rings. The van der Waals surface area contributed by atoms with Gasteiger partial charge < -0.3 is 19.9 Å². The standard InChI is InChI=1S/C18H29N3O3/c1-5-24-17-10-7-6-9-16(17)21(15(2)22)14-11-18(23)19-12-8-13-20(3)4/h6-7,9-10H,5,8,11-14H2,1-4H3,(H,19,23). The first kappa shape index (κ1) is 20.0. The van der Waals surface area contributed by atoms with Gasteiger partial charge >= 0.3 is 0 Å². The van der Waals surface area contributed by atoms with Crippen LogP contribution < -0.4 is 15.0 Å². The second-order valence-corrected chi connectivity index (χ2v) is 5.83. The highest BCUT2D eigenvalue weighted by Gasteiger charge is 2.17. The first-order valence-electron chi connectivity index (χ1n) is 8.37. The zero-order valence-electron chi connectivity index (χ0n) is 15.2. The van der Waals surface area contributed by atoms with Gasteiger partial charge in [-0.3, -0.25) is 9.59 Å². The quantitative estimate of drug-likeness (QED) is 0.663. The molecular weight excluding hydrogens is 306 g/mol. The van der Waals surface area contributed by atoms with Crippen molar-refractivity contribution in [3.05, 3.63) is 24.3 Å². The number of hydrogen-bond donors (Lipinski definition) is 1. The van der Waals surface area contributed by atoms with Gasteiger partial charge in [0.1, 0.15) is 5.75 Å². The van der Waals surface area contributed by atoms with E-state index in [0.29, 0.717) is 31.1 Å². The molecule has 2 amide bonds. The van der Waals surface area contributed by atoms with E-state index in [2.05, 4.69) is 10.2 Å². The zero-order chi connectivity index (χ0) is 17.9. The van der Waals surface area contributed by atoms with Crippen LogP contribution in [0.25, 0.3) is 0 Å². The number of carbonyl (C=O) groups excluding carboxylic acids is 2. The maximum atomic E-state index is 12.0. The smallest absolute Gasteiger partial charge is 0.223 e. The molecule has 6 nitrogen and oxygen atoms in total. The Morgan fingerprint density at radius 3 is 2.50 bits per heavy atom. The molecule has 0 aromatic heterocycles. The zero-order valence-corrected chi connectivity index (χ0v) is 15.2. The van der Waals surface area contributed by atoms with Crippen molar-refractivity contribution in [2.24, 2.45) is 0 Å². The first-order chi connectivity index (χ1) is 11.5. The van der Waals surface area contributed by atoms with Gasteiger partial charge in [-0.1, -0.05) is 12.1 Å². The monoisotopic (exact) mass is 335 g/mol. The summed E-state index contributed by atoms with van der Waals surface area (Å²) in [5.41, 5.74) is 0.701. The number of carbonyl (C=O) groups is 2. The lowest BCUT2D eigenvalue weighted by Crippen LogP contribution is -2.34. The van der Waals surface area contributed by atoms with Crippen LogP contribution in [0.5, 0.6) is 5.75 Å². The van der Waals surface area contributed by atoms with Crippen molar-refractivity contribution in [1.29, 1.82) is 0 Å². The maximum absolute atomic E-state index is 12.0. The molecule has 0 aliphatic heterocycles. The lowest BCUT2D eigenvalue weighted by atomic mass is 10.2. The van der Waals surface area contributed by atoms with Gasteiger partial charge in [0.15, 0.2) is 0 Å². The van der Waals surface area contributed by atoms with Gasteiger partial charge in [0.2, 0.25) is 11.8 Å². The number of ether oxygens (including phenoxy) is 1. The minimum absolute atomic E-state index is 0.0473. The maximum Gasteiger partial charge on any atom is 0.223 e. The summed E-state index contributed by atoms with van der Waals surface area (Å²) in [6.45, 7) is 5.83. The van der Waals surface area contributed by atoms with Crippen LogP contribution in [-0.4, -0.2) is 57.1 Å². The fraction of sp³-hybridized carbons (Fsp3) is 0.556. The van der Waals surface area contributed by atoms with Crippen LogP contribution in [0.2, 0.25) is 0 Å². The van der Waals surface area contributed by atoms with Crippen molar-refractivity contribution in [2.75, 3.05) is 45.2 Å². The lowest BCUT2D eigenvalue weighted by molar-refractivity contribution is -0.121. The van der Waals surface area contributed by atoms with Crippen LogP contribution in [0.4, 0.5) is 5.69 Å². The van der Waals surface area contributed by atoms with Crippen molar-refractivity contribution in [1.82, 2.24) is 10.2 Å². The Bertz CT molecular complexity index is 532. The number of nitrogens with one attached hydrogen (secondary N) is 1. The Morgan fingerprint density at radius 1 is 1.17 bits per heavy atom. The Hall–Kier alpha value is -2.08. The van der Waals surface area contributed by atoms with E-state index in [-0.39, 0.29) is 18.2 Å². The molecule has 1 rings (SSSR count). The van der Waals surface area contributed by atoms with E-state index >= 15 is 0 Å². The number of rotatable bonds is 10. The second kappa shape index (κ2) is 10.6. The highest BCUT2D eigenvalue weighted by atomic mass is 16.5. The molecule has 0 unspecified atom stereocenters. The summed E-state index contributed by atoms with van der Waals surface area (Å²) in [7, 11) is 4.00. The second-order valence-electron chi connectivity index (χ2n) is 5.83. The summed E-state index contributed by atoms with van der Waals surface area (Å²) in [5, 5.41) is 2.89. The van der Waals surface area contributed by atoms with E-state index in [9.17, 15) is 9.59 Å². The van der Waals surface area contributed by atoms with Crippen molar-refractivity contribution >= 4 is 17.5 Å². The molecule has 1 N–H and O–H groups in total. The third-order valence-electron chi connectivity index (χ3n) is 3.50. The summed E-state index contributed by atoms with van der Waals surface area (Å²) in [4.78, 5) is 27.6. The van der Waals surface area contributed by atoms with Crippen LogP contribution in [0.3, 0.4) is 0 Å². The average Bonchev–Trinajstić information content (AvgIpc) is 2.53. The van der Waals surface area contributed by atoms with Crippen molar-refractivity contribution in [2.45, 2.75) is 26.7 Å². The molecule has 0 saturated carbocycles. The van der Waals surface area contributed by atoms with Gasteiger partial charge in [0.25, 0.3) is 0 Å². The molecule has 1 aromatic carbocycles. The Morgan fingerprint density at radius 2 is 1.88 bits per heavy atom. The largest absolute Gasteiger partial charge is 0.492 e. The summed E-state index contributed by atoms with van der Waals surface area (Å²) < 4.78 is 5.58. The first-order valence-corrected chi connectivity index (χ1v) is 8.37. The Kier molecular flexibility index (Phi) is 8.86. The van der Waals surface area contributed by atoms with E-state index in [1.165, 1.54) is 6.92 Å². The molecule has 0 fully saturated rings. The van der Waals surface area contributed by atoms with Crippen LogP contribution in [0, 0.1) is 0 Å². The number of amides is 2. The molecule has 0 aliphatic rings. The fourth-order valence-electron chi connectivity index (χ4n) is 2.33. The number of para-hydroxylation sites is 2. The number of hydrogen-bond acceptors (Lipinski definition) is 4. The fourth-order valence-corrected chi connectivity index (χ4v) is 2.33. The summed E-state index contributed by atoms with van der Waals surface area (Å²) >= 11 is 0. The van der Waals surface area contributed by atoms with E-state index < -0.39 is 0 Å². The third-order valence-corrected chi connectivity index (χ3v) is 3.50.